The minimum Gasteiger partial charge on any atom is -0.362 e. The lowest BCUT2D eigenvalue weighted by Gasteiger charge is -2.31. The van der Waals surface area contributed by atoms with Gasteiger partial charge in [0.1, 0.15) is 0 Å². The summed E-state index contributed by atoms with van der Waals surface area (Å²) < 4.78 is 6.39. The molecule has 160 valence electrons. The van der Waals surface area contributed by atoms with Crippen molar-refractivity contribution in [2.75, 3.05) is 7.11 Å². The van der Waals surface area contributed by atoms with Crippen molar-refractivity contribution < 1.29 is 4.74 Å². The molecule has 0 spiro atoms. The monoisotopic (exact) mass is 446 g/mol. The standard InChI is InChI=1S/C29H22N2OS/c1-32-29(21-10-6-3-7-11-21)26-18-15-23(31-26)13-12-22-14-16-24(30-22)28(20-8-4-2-5-9-20)25-17-19-27(29)33-25/h2-19,31H,1H3/b13-12-,28-24-. The molecule has 6 bridgehead atoms. The maximum atomic E-state index is 6.39. The molecule has 3 nitrogen and oxygen atoms in total. The van der Waals surface area contributed by atoms with E-state index < -0.39 is 5.60 Å². The fraction of sp³-hybridized carbons (Fsp3) is 0.0690. The molecule has 1 N–H and O–H groups in total. The molecule has 2 aromatic carbocycles. The number of methoxy groups -OCH3 is 1. The number of aromatic amines is 1. The highest BCUT2D eigenvalue weighted by molar-refractivity contribution is 7.13. The van der Waals surface area contributed by atoms with Gasteiger partial charge in [0.2, 0.25) is 0 Å². The molecule has 0 amide bonds. The molecular weight excluding hydrogens is 424 g/mol. The van der Waals surface area contributed by atoms with Gasteiger partial charge in [-0.15, -0.1) is 11.3 Å². The van der Waals surface area contributed by atoms with Gasteiger partial charge in [0, 0.05) is 28.1 Å². The fourth-order valence-corrected chi connectivity index (χ4v) is 5.90. The predicted molar refractivity (Wildman–Crippen MR) is 137 cm³/mol. The van der Waals surface area contributed by atoms with Crippen LogP contribution >= 0.6 is 11.3 Å². The van der Waals surface area contributed by atoms with Crippen LogP contribution in [0, 0.1) is 0 Å². The highest BCUT2D eigenvalue weighted by atomic mass is 32.1. The molecule has 4 heterocycles. The molecule has 0 saturated carbocycles. The van der Waals surface area contributed by atoms with E-state index in [1.165, 1.54) is 0 Å². The number of allylic oxidation sites excluding steroid dienone is 3. The maximum Gasteiger partial charge on any atom is 0.167 e. The van der Waals surface area contributed by atoms with E-state index in [1.54, 1.807) is 18.4 Å². The highest BCUT2D eigenvalue weighted by Crippen LogP contribution is 2.45. The number of hydrogen-bond acceptors (Lipinski definition) is 3. The molecule has 0 aliphatic carbocycles. The first kappa shape index (κ1) is 19.9. The first-order valence-corrected chi connectivity index (χ1v) is 11.7. The van der Waals surface area contributed by atoms with E-state index in [0.717, 1.165) is 49.3 Å². The van der Waals surface area contributed by atoms with E-state index >= 15 is 0 Å². The molecule has 4 heteroatoms. The van der Waals surface area contributed by atoms with Crippen molar-refractivity contribution in [2.45, 2.75) is 5.60 Å². The summed E-state index contributed by atoms with van der Waals surface area (Å²) in [5, 5.41) is 0. The Morgan fingerprint density at radius 3 is 2.33 bits per heavy atom. The van der Waals surface area contributed by atoms with Gasteiger partial charge in [0.25, 0.3) is 0 Å². The molecule has 1 unspecified atom stereocenters. The predicted octanol–water partition coefficient (Wildman–Crippen LogP) is 6.81. The Morgan fingerprint density at radius 1 is 0.788 bits per heavy atom. The molecule has 2 aliphatic rings. The van der Waals surface area contributed by atoms with E-state index in [-0.39, 0.29) is 0 Å². The molecule has 4 aromatic rings. The van der Waals surface area contributed by atoms with Gasteiger partial charge in [-0.25, -0.2) is 4.99 Å². The van der Waals surface area contributed by atoms with Crippen LogP contribution in [0.5, 0.6) is 0 Å². The van der Waals surface area contributed by atoms with E-state index in [2.05, 4.69) is 102 Å². The lowest BCUT2D eigenvalue weighted by atomic mass is 9.88. The van der Waals surface area contributed by atoms with Crippen LogP contribution in [-0.2, 0) is 10.3 Å². The van der Waals surface area contributed by atoms with Crippen LogP contribution in [0.1, 0.15) is 32.3 Å². The highest BCUT2D eigenvalue weighted by Gasteiger charge is 2.39. The zero-order valence-corrected chi connectivity index (χ0v) is 19.0. The first-order valence-electron chi connectivity index (χ1n) is 10.9. The van der Waals surface area contributed by atoms with E-state index in [1.807, 2.05) is 12.1 Å². The summed E-state index contributed by atoms with van der Waals surface area (Å²) in [7, 11) is 1.79. The number of benzene rings is 2. The first-order chi connectivity index (χ1) is 16.3. The minimum absolute atomic E-state index is 0.740. The third-order valence-corrected chi connectivity index (χ3v) is 7.39. The molecule has 1 atom stereocenters. The van der Waals surface area contributed by atoms with Gasteiger partial charge in [0.05, 0.1) is 17.1 Å². The summed E-state index contributed by atoms with van der Waals surface area (Å²) in [5.74, 6) is 0. The van der Waals surface area contributed by atoms with Crippen LogP contribution in [0.2, 0.25) is 0 Å². The van der Waals surface area contributed by atoms with Gasteiger partial charge in [-0.1, -0.05) is 60.7 Å². The Hall–Kier alpha value is -3.73. The zero-order chi connectivity index (χ0) is 22.3. The molecule has 6 rings (SSSR count). The quantitative estimate of drug-likeness (QED) is 0.369. The lowest BCUT2D eigenvalue weighted by Crippen LogP contribution is -2.31. The van der Waals surface area contributed by atoms with Gasteiger partial charge < -0.3 is 9.72 Å². The fourth-order valence-electron chi connectivity index (χ4n) is 4.61. The lowest BCUT2D eigenvalue weighted by molar-refractivity contribution is 0.0583. The SMILES string of the molecule is COC1(c2ccccc2)c2ccc([nH]2)/C=C\C2=NC(=C(/c3ccccc3)c3ccc1s3)/C=C2. The number of H-pyrrole nitrogens is 1. The van der Waals surface area contributed by atoms with Crippen molar-refractivity contribution in [3.63, 3.8) is 0 Å². The van der Waals surface area contributed by atoms with Crippen molar-refractivity contribution in [2.24, 2.45) is 4.99 Å². The number of nitrogens with zero attached hydrogens (tertiary/aromatic N) is 1. The molecule has 2 aromatic heterocycles. The molecular formula is C29H22N2OS. The molecule has 33 heavy (non-hydrogen) atoms. The number of rotatable bonds is 3. The second kappa shape index (κ2) is 8.00. The summed E-state index contributed by atoms with van der Waals surface area (Å²) in [6, 6.07) is 29.5. The van der Waals surface area contributed by atoms with Crippen LogP contribution in [0.15, 0.2) is 114 Å². The third kappa shape index (κ3) is 3.27. The Balaban J connectivity index is 1.66. The van der Waals surface area contributed by atoms with Crippen molar-refractivity contribution in [1.82, 2.24) is 4.98 Å². The normalized spacial score (nSPS) is 22.3. The van der Waals surface area contributed by atoms with Crippen molar-refractivity contribution in [3.05, 3.63) is 141 Å². The number of ether oxygens (including phenoxy) is 1. The van der Waals surface area contributed by atoms with Gasteiger partial charge in [0.15, 0.2) is 5.60 Å². The smallest absolute Gasteiger partial charge is 0.167 e. The average molecular weight is 447 g/mol. The number of fused-ring (bicyclic) bond motifs is 5. The third-order valence-electron chi connectivity index (χ3n) is 6.19. The number of nitrogens with one attached hydrogen (secondary N) is 1. The molecule has 0 fully saturated rings. The number of aromatic nitrogens is 1. The Morgan fingerprint density at radius 2 is 1.55 bits per heavy atom. The second-order valence-corrected chi connectivity index (χ2v) is 9.16. The van der Waals surface area contributed by atoms with Gasteiger partial charge in [-0.05, 0) is 59.7 Å². The van der Waals surface area contributed by atoms with Crippen LogP contribution in [0.4, 0.5) is 0 Å². The number of hydrogen-bond donors (Lipinski definition) is 1. The topological polar surface area (TPSA) is 37.4 Å². The van der Waals surface area contributed by atoms with Crippen LogP contribution < -0.4 is 0 Å². The molecule has 2 aliphatic heterocycles. The summed E-state index contributed by atoms with van der Waals surface area (Å²) >= 11 is 1.75. The van der Waals surface area contributed by atoms with Crippen molar-refractivity contribution in [1.29, 1.82) is 0 Å². The summed E-state index contributed by atoms with van der Waals surface area (Å²) in [4.78, 5) is 10.8. The summed E-state index contributed by atoms with van der Waals surface area (Å²) in [6.45, 7) is 0. The maximum absolute atomic E-state index is 6.39. The van der Waals surface area contributed by atoms with Crippen LogP contribution in [0.25, 0.3) is 11.6 Å². The van der Waals surface area contributed by atoms with Gasteiger partial charge in [-0.2, -0.15) is 0 Å². The summed E-state index contributed by atoms with van der Waals surface area (Å²) in [6.07, 6.45) is 8.30. The van der Waals surface area contributed by atoms with E-state index in [9.17, 15) is 0 Å². The van der Waals surface area contributed by atoms with E-state index in [0.29, 0.717) is 0 Å². The Labute approximate surface area is 197 Å². The average Bonchev–Trinajstić information content (AvgIpc) is 3.63. The van der Waals surface area contributed by atoms with Crippen molar-refractivity contribution >= 4 is 28.7 Å². The summed E-state index contributed by atoms with van der Waals surface area (Å²) in [5.41, 5.74) is 6.55. The Bertz CT molecular complexity index is 1440. The molecule has 0 saturated heterocycles. The molecule has 0 radical (unpaired) electrons. The number of thiophene rings is 1. The van der Waals surface area contributed by atoms with Crippen molar-refractivity contribution in [3.8, 4) is 0 Å². The second-order valence-electron chi connectivity index (χ2n) is 8.07. The van der Waals surface area contributed by atoms with Gasteiger partial charge in [-0.3, -0.25) is 0 Å². The Kier molecular flexibility index (Phi) is 4.83. The van der Waals surface area contributed by atoms with E-state index in [4.69, 9.17) is 9.73 Å². The largest absolute Gasteiger partial charge is 0.362 e. The number of aliphatic imine (C=N–C) groups is 1. The minimum atomic E-state index is -0.740. The zero-order valence-electron chi connectivity index (χ0n) is 18.2. The van der Waals surface area contributed by atoms with Crippen LogP contribution in [0.3, 0.4) is 0 Å². The van der Waals surface area contributed by atoms with Gasteiger partial charge >= 0.3 is 0 Å². The van der Waals surface area contributed by atoms with Crippen LogP contribution in [-0.4, -0.2) is 17.8 Å².